The summed E-state index contributed by atoms with van der Waals surface area (Å²) in [6.45, 7) is 9.80. The lowest BCUT2D eigenvalue weighted by molar-refractivity contribution is -0.114. The van der Waals surface area contributed by atoms with E-state index in [1.165, 1.54) is 19.3 Å². The largest absolute Gasteiger partial charge is 0.376 e. The van der Waals surface area contributed by atoms with Crippen LogP contribution in [0.4, 0.5) is 0 Å². The Hall–Kier alpha value is -0.0400. The average molecular weight is 170 g/mol. The SMILES string of the molecule is CCO[C@]1(C)C[C@H](CC(C)C)C1. The van der Waals surface area contributed by atoms with Crippen LogP contribution in [0, 0.1) is 11.8 Å². The molecule has 0 aromatic carbocycles. The van der Waals surface area contributed by atoms with E-state index in [1.807, 2.05) is 0 Å². The molecule has 1 fully saturated rings. The van der Waals surface area contributed by atoms with Crippen LogP contribution >= 0.6 is 0 Å². The van der Waals surface area contributed by atoms with Gasteiger partial charge in [0.25, 0.3) is 0 Å². The van der Waals surface area contributed by atoms with Crippen molar-refractivity contribution in [3.05, 3.63) is 0 Å². The van der Waals surface area contributed by atoms with Crippen LogP contribution in [-0.2, 0) is 4.74 Å². The third kappa shape index (κ3) is 2.48. The summed E-state index contributed by atoms with van der Waals surface area (Å²) >= 11 is 0. The van der Waals surface area contributed by atoms with Crippen molar-refractivity contribution in [1.29, 1.82) is 0 Å². The molecule has 1 nitrogen and oxygen atoms in total. The highest BCUT2D eigenvalue weighted by Gasteiger charge is 2.40. The summed E-state index contributed by atoms with van der Waals surface area (Å²) in [4.78, 5) is 0. The second-order valence-corrected chi connectivity index (χ2v) is 4.79. The Kier molecular flexibility index (Phi) is 3.16. The van der Waals surface area contributed by atoms with Gasteiger partial charge in [-0.05, 0) is 44.9 Å². The molecule has 72 valence electrons. The van der Waals surface area contributed by atoms with E-state index in [4.69, 9.17) is 4.74 Å². The van der Waals surface area contributed by atoms with Crippen molar-refractivity contribution in [2.75, 3.05) is 6.61 Å². The molecule has 0 spiro atoms. The van der Waals surface area contributed by atoms with E-state index in [0.717, 1.165) is 18.4 Å². The Labute approximate surface area is 76.5 Å². The van der Waals surface area contributed by atoms with Gasteiger partial charge in [0.2, 0.25) is 0 Å². The van der Waals surface area contributed by atoms with Gasteiger partial charge < -0.3 is 4.74 Å². The van der Waals surface area contributed by atoms with Gasteiger partial charge in [-0.1, -0.05) is 13.8 Å². The molecule has 0 radical (unpaired) electrons. The Bertz CT molecular complexity index is 134. The summed E-state index contributed by atoms with van der Waals surface area (Å²) in [7, 11) is 0. The Balaban J connectivity index is 2.18. The molecule has 1 aliphatic rings. The number of hydrogen-bond acceptors (Lipinski definition) is 1. The molecular formula is C11H22O. The Morgan fingerprint density at radius 2 is 2.00 bits per heavy atom. The first-order chi connectivity index (χ1) is 5.56. The fourth-order valence-corrected chi connectivity index (χ4v) is 2.46. The predicted octanol–water partition coefficient (Wildman–Crippen LogP) is 3.24. The molecule has 1 saturated carbocycles. The van der Waals surface area contributed by atoms with Crippen LogP contribution in [0.25, 0.3) is 0 Å². The zero-order valence-corrected chi connectivity index (χ0v) is 8.89. The second-order valence-electron chi connectivity index (χ2n) is 4.79. The van der Waals surface area contributed by atoms with E-state index in [9.17, 15) is 0 Å². The number of hydrogen-bond donors (Lipinski definition) is 0. The van der Waals surface area contributed by atoms with Gasteiger partial charge in [0.1, 0.15) is 0 Å². The molecule has 0 aliphatic heterocycles. The molecule has 0 amide bonds. The summed E-state index contributed by atoms with van der Waals surface area (Å²) in [6.07, 6.45) is 3.93. The molecule has 1 aliphatic carbocycles. The van der Waals surface area contributed by atoms with Gasteiger partial charge in [-0.15, -0.1) is 0 Å². The molecule has 1 heteroatoms. The zero-order valence-electron chi connectivity index (χ0n) is 8.89. The third-order valence-electron chi connectivity index (χ3n) is 2.74. The lowest BCUT2D eigenvalue weighted by Gasteiger charge is -2.45. The topological polar surface area (TPSA) is 9.23 Å². The van der Waals surface area contributed by atoms with E-state index < -0.39 is 0 Å². The monoisotopic (exact) mass is 170 g/mol. The maximum absolute atomic E-state index is 5.68. The minimum Gasteiger partial charge on any atom is -0.376 e. The normalized spacial score (nSPS) is 35.2. The maximum Gasteiger partial charge on any atom is 0.0659 e. The highest BCUT2D eigenvalue weighted by Crippen LogP contribution is 2.43. The summed E-state index contributed by atoms with van der Waals surface area (Å²) < 4.78 is 5.68. The van der Waals surface area contributed by atoms with Gasteiger partial charge in [-0.2, -0.15) is 0 Å². The molecule has 0 aromatic rings. The molecule has 0 saturated heterocycles. The molecule has 0 N–H and O–H groups in total. The fourth-order valence-electron chi connectivity index (χ4n) is 2.46. The van der Waals surface area contributed by atoms with Crippen molar-refractivity contribution < 1.29 is 4.74 Å². The van der Waals surface area contributed by atoms with Crippen molar-refractivity contribution in [3.8, 4) is 0 Å². The van der Waals surface area contributed by atoms with Gasteiger partial charge in [-0.25, -0.2) is 0 Å². The van der Waals surface area contributed by atoms with Gasteiger partial charge >= 0.3 is 0 Å². The molecule has 0 aromatic heterocycles. The predicted molar refractivity (Wildman–Crippen MR) is 52.2 cm³/mol. The maximum atomic E-state index is 5.68. The Morgan fingerprint density at radius 1 is 1.42 bits per heavy atom. The lowest BCUT2D eigenvalue weighted by Crippen LogP contribution is -2.43. The van der Waals surface area contributed by atoms with Gasteiger partial charge in [-0.3, -0.25) is 0 Å². The van der Waals surface area contributed by atoms with Gasteiger partial charge in [0.15, 0.2) is 0 Å². The van der Waals surface area contributed by atoms with Crippen molar-refractivity contribution in [2.45, 2.75) is 52.6 Å². The van der Waals surface area contributed by atoms with Crippen molar-refractivity contribution in [3.63, 3.8) is 0 Å². The van der Waals surface area contributed by atoms with Crippen LogP contribution in [0.2, 0.25) is 0 Å². The van der Waals surface area contributed by atoms with Crippen molar-refractivity contribution in [1.82, 2.24) is 0 Å². The van der Waals surface area contributed by atoms with Crippen molar-refractivity contribution in [2.24, 2.45) is 11.8 Å². The minimum absolute atomic E-state index is 0.230. The van der Waals surface area contributed by atoms with E-state index >= 15 is 0 Å². The van der Waals surface area contributed by atoms with Crippen LogP contribution in [0.3, 0.4) is 0 Å². The van der Waals surface area contributed by atoms with Gasteiger partial charge in [0, 0.05) is 6.61 Å². The molecule has 0 unspecified atom stereocenters. The zero-order chi connectivity index (χ0) is 9.19. The molecular weight excluding hydrogens is 148 g/mol. The third-order valence-corrected chi connectivity index (χ3v) is 2.74. The standard InChI is InChI=1S/C11H22O/c1-5-12-11(4)7-10(8-11)6-9(2)3/h9-10H,5-8H2,1-4H3/t10-,11+. The fraction of sp³-hybridized carbons (Fsp3) is 1.00. The van der Waals surface area contributed by atoms with Gasteiger partial charge in [0.05, 0.1) is 5.60 Å². The summed E-state index contributed by atoms with van der Waals surface area (Å²) in [5.74, 6) is 1.78. The molecule has 1 rings (SSSR count). The van der Waals surface area contributed by atoms with Crippen LogP contribution in [-0.4, -0.2) is 12.2 Å². The quantitative estimate of drug-likeness (QED) is 0.629. The summed E-state index contributed by atoms with van der Waals surface area (Å²) in [5.41, 5.74) is 0.230. The van der Waals surface area contributed by atoms with Crippen LogP contribution in [0.15, 0.2) is 0 Å². The smallest absolute Gasteiger partial charge is 0.0659 e. The van der Waals surface area contributed by atoms with E-state index in [2.05, 4.69) is 27.7 Å². The molecule has 12 heavy (non-hydrogen) atoms. The van der Waals surface area contributed by atoms with Crippen LogP contribution in [0.1, 0.15) is 47.0 Å². The lowest BCUT2D eigenvalue weighted by atomic mass is 9.69. The molecule has 0 bridgehead atoms. The highest BCUT2D eigenvalue weighted by molar-refractivity contribution is 4.92. The number of ether oxygens (including phenoxy) is 1. The number of rotatable bonds is 4. The Morgan fingerprint density at radius 3 is 2.42 bits per heavy atom. The second kappa shape index (κ2) is 3.78. The van der Waals surface area contributed by atoms with E-state index in [0.29, 0.717) is 0 Å². The van der Waals surface area contributed by atoms with E-state index in [1.54, 1.807) is 0 Å². The molecule has 0 atom stereocenters. The minimum atomic E-state index is 0.230. The van der Waals surface area contributed by atoms with Crippen LogP contribution < -0.4 is 0 Å². The molecule has 0 heterocycles. The first-order valence-corrected chi connectivity index (χ1v) is 5.19. The van der Waals surface area contributed by atoms with E-state index in [-0.39, 0.29) is 5.60 Å². The first-order valence-electron chi connectivity index (χ1n) is 5.19. The van der Waals surface area contributed by atoms with Crippen molar-refractivity contribution >= 4 is 0 Å². The first kappa shape index (κ1) is 10.0. The summed E-state index contributed by atoms with van der Waals surface area (Å²) in [5, 5.41) is 0. The average Bonchev–Trinajstić information content (AvgIpc) is 1.83. The summed E-state index contributed by atoms with van der Waals surface area (Å²) in [6, 6.07) is 0. The van der Waals surface area contributed by atoms with Crippen LogP contribution in [0.5, 0.6) is 0 Å². The highest BCUT2D eigenvalue weighted by atomic mass is 16.5.